The van der Waals surface area contributed by atoms with Crippen LogP contribution in [0.3, 0.4) is 0 Å². The van der Waals surface area contributed by atoms with E-state index in [-0.39, 0.29) is 28.1 Å². The number of nitrogens with one attached hydrogen (secondary N) is 1. The highest BCUT2D eigenvalue weighted by atomic mass is 32.1. The van der Waals surface area contributed by atoms with Crippen LogP contribution in [0.2, 0.25) is 0 Å². The van der Waals surface area contributed by atoms with E-state index >= 15 is 0 Å². The standard InChI is InChI=1S/C30H34F2N5O7PS/c1-44-17-29(28-33-11-4-12-34-28)15-36(16-29)27(40)22-9-8-20-5-2-3-6-21(26(39)37(20)22)35-25(38)24-14-18-13-19(7-10-23(18)46-24)30(31,32)45(41,42)43/h4,7,10-14,20-22H,2-3,5-6,8-9,15-17H2,1H3,(H,35,38)(H2,41,42,43)/t20-,21-,22-/m0/s1. The molecule has 3 atom stereocenters. The van der Waals surface area contributed by atoms with Crippen molar-refractivity contribution in [1.82, 2.24) is 25.1 Å². The second-order valence-electron chi connectivity index (χ2n) is 12.2. The Morgan fingerprint density at radius 3 is 2.54 bits per heavy atom. The molecule has 1 aromatic carbocycles. The first kappa shape index (κ1) is 32.6. The molecule has 0 unspecified atom stereocenters. The molecule has 3 aliphatic heterocycles. The number of hydrogen-bond acceptors (Lipinski definition) is 8. The van der Waals surface area contributed by atoms with Crippen LogP contribution in [0.15, 0.2) is 42.7 Å². The van der Waals surface area contributed by atoms with Gasteiger partial charge in [0.2, 0.25) is 11.8 Å². The molecule has 0 aliphatic carbocycles. The summed E-state index contributed by atoms with van der Waals surface area (Å²) in [6, 6.07) is 4.57. The molecule has 0 bridgehead atoms. The van der Waals surface area contributed by atoms with E-state index in [1.54, 1.807) is 35.4 Å². The number of halogens is 2. The number of alkyl halides is 2. The first-order valence-electron chi connectivity index (χ1n) is 15.0. The number of nitrogens with zero attached hydrogens (tertiary/aromatic N) is 4. The highest BCUT2D eigenvalue weighted by molar-refractivity contribution is 7.52. The maximum atomic E-state index is 14.3. The molecule has 3 saturated heterocycles. The minimum atomic E-state index is -5.76. The Morgan fingerprint density at radius 1 is 1.13 bits per heavy atom. The fourth-order valence-corrected chi connectivity index (χ4v) is 8.27. The van der Waals surface area contributed by atoms with Gasteiger partial charge in [-0.15, -0.1) is 11.3 Å². The van der Waals surface area contributed by atoms with Crippen LogP contribution in [0.1, 0.15) is 59.6 Å². The van der Waals surface area contributed by atoms with E-state index in [0.717, 1.165) is 36.3 Å². The molecule has 3 N–H and O–H groups in total. The van der Waals surface area contributed by atoms with E-state index in [1.807, 2.05) is 0 Å². The molecule has 0 saturated carbocycles. The third-order valence-electron chi connectivity index (χ3n) is 9.14. The number of carbonyl (C=O) groups excluding carboxylic acids is 3. The van der Waals surface area contributed by atoms with Gasteiger partial charge < -0.3 is 29.6 Å². The van der Waals surface area contributed by atoms with Crippen LogP contribution < -0.4 is 5.32 Å². The molecule has 46 heavy (non-hydrogen) atoms. The largest absolute Gasteiger partial charge is 0.399 e. The molecule has 0 radical (unpaired) electrons. The zero-order chi connectivity index (χ0) is 32.9. The third kappa shape index (κ3) is 5.83. The van der Waals surface area contributed by atoms with Gasteiger partial charge in [0.25, 0.3) is 5.91 Å². The van der Waals surface area contributed by atoms with E-state index in [9.17, 15) is 27.7 Å². The van der Waals surface area contributed by atoms with Crippen LogP contribution in [0.4, 0.5) is 8.78 Å². The predicted molar refractivity (Wildman–Crippen MR) is 163 cm³/mol. The summed E-state index contributed by atoms with van der Waals surface area (Å²) in [7, 11) is -4.17. The lowest BCUT2D eigenvalue weighted by molar-refractivity contribution is -0.153. The molecule has 2 aromatic heterocycles. The second-order valence-corrected chi connectivity index (χ2v) is 15.0. The molecule has 3 aliphatic rings. The smallest absolute Gasteiger partial charge is 0.383 e. The molecule has 0 spiro atoms. The number of thiophene rings is 1. The number of carbonyl (C=O) groups is 3. The summed E-state index contributed by atoms with van der Waals surface area (Å²) in [5.74, 6) is -0.453. The van der Waals surface area contributed by atoms with Gasteiger partial charge in [0.15, 0.2) is 0 Å². The lowest BCUT2D eigenvalue weighted by Gasteiger charge is -2.50. The summed E-state index contributed by atoms with van der Waals surface area (Å²) in [4.78, 5) is 71.7. The van der Waals surface area contributed by atoms with E-state index < -0.39 is 42.2 Å². The second kappa shape index (κ2) is 12.3. The van der Waals surface area contributed by atoms with Crippen molar-refractivity contribution in [2.75, 3.05) is 26.8 Å². The normalized spacial score (nSPS) is 23.4. The number of likely N-dealkylation sites (tertiary alicyclic amines) is 1. The van der Waals surface area contributed by atoms with Gasteiger partial charge in [0.05, 0.1) is 16.9 Å². The number of hydrogen-bond donors (Lipinski definition) is 3. The van der Waals surface area contributed by atoms with Crippen molar-refractivity contribution in [2.45, 2.75) is 67.7 Å². The van der Waals surface area contributed by atoms with Gasteiger partial charge in [-0.3, -0.25) is 18.9 Å². The van der Waals surface area contributed by atoms with Crippen molar-refractivity contribution in [3.8, 4) is 0 Å². The fraction of sp³-hybridized carbons (Fsp3) is 0.500. The van der Waals surface area contributed by atoms with Gasteiger partial charge in [-0.1, -0.05) is 18.9 Å². The van der Waals surface area contributed by atoms with Gasteiger partial charge >= 0.3 is 13.3 Å². The van der Waals surface area contributed by atoms with E-state index in [4.69, 9.17) is 14.5 Å². The van der Waals surface area contributed by atoms with Gasteiger partial charge in [-0.25, -0.2) is 9.97 Å². The van der Waals surface area contributed by atoms with Crippen molar-refractivity contribution in [1.29, 1.82) is 0 Å². The highest BCUT2D eigenvalue weighted by Gasteiger charge is 2.53. The summed E-state index contributed by atoms with van der Waals surface area (Å²) >= 11 is 1.02. The molecule has 12 nitrogen and oxygen atoms in total. The first-order chi connectivity index (χ1) is 21.8. The maximum Gasteiger partial charge on any atom is 0.399 e. The van der Waals surface area contributed by atoms with E-state index in [1.165, 1.54) is 12.1 Å². The molecule has 6 rings (SSSR count). The molecular formula is C30H34F2N5O7PS. The van der Waals surface area contributed by atoms with Crippen molar-refractivity contribution in [3.05, 3.63) is 59.0 Å². The van der Waals surface area contributed by atoms with E-state index in [0.29, 0.717) is 55.9 Å². The molecule has 246 valence electrons. The lowest BCUT2D eigenvalue weighted by Crippen LogP contribution is -2.67. The van der Waals surface area contributed by atoms with Crippen molar-refractivity contribution in [2.24, 2.45) is 0 Å². The van der Waals surface area contributed by atoms with Gasteiger partial charge in [0.1, 0.15) is 17.9 Å². The van der Waals surface area contributed by atoms with E-state index in [2.05, 4.69) is 15.3 Å². The number of methoxy groups -OCH3 is 1. The molecule has 5 heterocycles. The van der Waals surface area contributed by atoms with Crippen molar-refractivity contribution in [3.63, 3.8) is 0 Å². The number of rotatable bonds is 8. The Morgan fingerprint density at radius 2 is 1.85 bits per heavy atom. The third-order valence-corrected chi connectivity index (χ3v) is 11.2. The van der Waals surface area contributed by atoms with Gasteiger partial charge in [-0.05, 0) is 55.3 Å². The Hall–Kier alpha value is -3.36. The van der Waals surface area contributed by atoms with Crippen LogP contribution in [-0.4, -0.2) is 92.2 Å². The number of benzene rings is 1. The minimum absolute atomic E-state index is 0.123. The topological polar surface area (TPSA) is 162 Å². The summed E-state index contributed by atoms with van der Waals surface area (Å²) in [6.07, 6.45) is 7.18. The van der Waals surface area contributed by atoms with Crippen molar-refractivity contribution >= 4 is 46.7 Å². The summed E-state index contributed by atoms with van der Waals surface area (Å²) in [6.45, 7) is 1.07. The molecule has 3 fully saturated rings. The Bertz CT molecular complexity index is 1700. The maximum absolute atomic E-state index is 14.3. The minimum Gasteiger partial charge on any atom is -0.383 e. The van der Waals surface area contributed by atoms with Gasteiger partial charge in [0, 0.05) is 48.9 Å². The monoisotopic (exact) mass is 677 g/mol. The zero-order valence-corrected chi connectivity index (χ0v) is 26.7. The molecule has 3 aromatic rings. The predicted octanol–water partition coefficient (Wildman–Crippen LogP) is 3.38. The Labute approximate surface area is 267 Å². The average Bonchev–Trinajstić information content (AvgIpc) is 3.62. The fourth-order valence-electron chi connectivity index (χ4n) is 6.85. The summed E-state index contributed by atoms with van der Waals surface area (Å²) in [5, 5.41) is 3.03. The molecule has 3 amide bonds. The number of ether oxygens (including phenoxy) is 1. The SMILES string of the molecule is COCC1(c2ncccn2)CN(C(=O)[C@@H]2CC[C@@H]3CCCC[C@H](NC(=O)c4cc5cc(C(F)(F)P(=O)(O)O)ccc5s4)C(=O)N32)C1. The molecular weight excluding hydrogens is 643 g/mol. The van der Waals surface area contributed by atoms with Crippen molar-refractivity contribution < 1.29 is 42.3 Å². The number of aromatic nitrogens is 2. The first-order valence-corrected chi connectivity index (χ1v) is 17.4. The zero-order valence-electron chi connectivity index (χ0n) is 25.0. The lowest BCUT2D eigenvalue weighted by atomic mass is 9.79. The summed E-state index contributed by atoms with van der Waals surface area (Å²) in [5.41, 5.74) is -5.77. The highest BCUT2D eigenvalue weighted by Crippen LogP contribution is 2.59. The van der Waals surface area contributed by atoms with Crippen LogP contribution in [-0.2, 0) is 30.0 Å². The molecule has 16 heteroatoms. The van der Waals surface area contributed by atoms with Crippen LogP contribution >= 0.6 is 18.9 Å². The van der Waals surface area contributed by atoms with Crippen LogP contribution in [0, 0.1) is 0 Å². The average molecular weight is 678 g/mol. The van der Waals surface area contributed by atoms with Crippen LogP contribution in [0.25, 0.3) is 10.1 Å². The Balaban J connectivity index is 1.17. The van der Waals surface area contributed by atoms with Gasteiger partial charge in [-0.2, -0.15) is 8.78 Å². The van der Waals surface area contributed by atoms with Crippen LogP contribution in [0.5, 0.6) is 0 Å². The Kier molecular flexibility index (Phi) is 8.74. The number of fused-ring (bicyclic) bond motifs is 2. The summed E-state index contributed by atoms with van der Waals surface area (Å²) < 4.78 is 45.8. The quantitative estimate of drug-likeness (QED) is 0.304. The number of amides is 3.